The molecule has 6 rings (SSSR count). The molecule has 0 spiro atoms. The maximum atomic E-state index is 4.65. The van der Waals surface area contributed by atoms with Crippen molar-refractivity contribution in [1.82, 2.24) is 9.55 Å². The first-order valence-corrected chi connectivity index (χ1v) is 14.2. The molecule has 0 bridgehead atoms. The second-order valence-corrected chi connectivity index (χ2v) is 12.7. The van der Waals surface area contributed by atoms with Crippen LogP contribution in [0.15, 0.2) is 158 Å². The molecule has 0 aliphatic rings. The highest BCUT2D eigenvalue weighted by atomic mass is 28.3. The molecule has 0 N–H and O–H groups in total. The minimum Gasteiger partial charge on any atom is -0.324 e. The molecule has 2 aromatic heterocycles. The predicted molar refractivity (Wildman–Crippen MR) is 153 cm³/mol. The molecule has 36 heavy (non-hydrogen) atoms. The first-order valence-electron chi connectivity index (χ1n) is 12.2. The number of hydrogen-bond donors (Lipinski definition) is 0. The van der Waals surface area contributed by atoms with Crippen molar-refractivity contribution in [2.75, 3.05) is 0 Å². The van der Waals surface area contributed by atoms with Crippen LogP contribution in [-0.2, 0) is 0 Å². The average Bonchev–Trinajstić information content (AvgIpc) is 3.46. The Balaban J connectivity index is 1.65. The average molecular weight is 479 g/mol. The van der Waals surface area contributed by atoms with Gasteiger partial charge in [-0.1, -0.05) is 109 Å². The summed E-state index contributed by atoms with van der Waals surface area (Å²) in [6, 6.07) is 50.0. The summed E-state index contributed by atoms with van der Waals surface area (Å²) < 4.78 is 2.24. The van der Waals surface area contributed by atoms with Gasteiger partial charge in [-0.25, -0.2) is 0 Å². The summed E-state index contributed by atoms with van der Waals surface area (Å²) >= 11 is 0. The van der Waals surface area contributed by atoms with Crippen LogP contribution in [0.3, 0.4) is 0 Å². The number of hydrogen-bond acceptors (Lipinski definition) is 1. The van der Waals surface area contributed by atoms with E-state index in [9.17, 15) is 0 Å². The van der Waals surface area contributed by atoms with E-state index in [2.05, 4.69) is 149 Å². The quantitative estimate of drug-likeness (QED) is 0.246. The summed E-state index contributed by atoms with van der Waals surface area (Å²) in [4.78, 5) is 4.65. The molecular weight excluding hydrogens is 452 g/mol. The molecule has 6 aromatic rings. The number of benzene rings is 4. The molecule has 172 valence electrons. The maximum Gasteiger partial charge on any atom is 0.181 e. The SMILES string of the molecule is c1ccc(-n2ccc([Si](c3ccccc3)(c3ccccc3)c3cccc(-c4ccccn4)c3)c2)cc1. The van der Waals surface area contributed by atoms with Gasteiger partial charge in [0.2, 0.25) is 0 Å². The third-order valence-electron chi connectivity index (χ3n) is 6.85. The molecule has 0 saturated heterocycles. The van der Waals surface area contributed by atoms with Crippen LogP contribution in [-0.4, -0.2) is 17.6 Å². The van der Waals surface area contributed by atoms with E-state index < -0.39 is 8.07 Å². The molecule has 0 fully saturated rings. The van der Waals surface area contributed by atoms with E-state index in [1.807, 2.05) is 18.3 Å². The fraction of sp³-hybridized carbons (Fsp3) is 0. The van der Waals surface area contributed by atoms with Gasteiger partial charge in [-0.2, -0.15) is 0 Å². The van der Waals surface area contributed by atoms with E-state index in [4.69, 9.17) is 0 Å². The Morgan fingerprint density at radius 1 is 0.500 bits per heavy atom. The van der Waals surface area contributed by atoms with Gasteiger partial charge >= 0.3 is 0 Å². The normalized spacial score (nSPS) is 11.3. The van der Waals surface area contributed by atoms with E-state index in [0.717, 1.165) is 16.9 Å². The molecule has 3 heteroatoms. The minimum absolute atomic E-state index is 0.991. The molecule has 0 amide bonds. The lowest BCUT2D eigenvalue weighted by molar-refractivity contribution is 1.08. The Bertz CT molecular complexity index is 1520. The van der Waals surface area contributed by atoms with Gasteiger partial charge < -0.3 is 4.57 Å². The van der Waals surface area contributed by atoms with Crippen molar-refractivity contribution in [2.24, 2.45) is 0 Å². The smallest absolute Gasteiger partial charge is 0.181 e. The Kier molecular flexibility index (Phi) is 5.90. The van der Waals surface area contributed by atoms with Gasteiger partial charge in [0.1, 0.15) is 0 Å². The molecule has 0 aliphatic carbocycles. The molecule has 0 saturated carbocycles. The highest BCUT2D eigenvalue weighted by molar-refractivity contribution is 7.19. The second kappa shape index (κ2) is 9.65. The number of para-hydroxylation sites is 1. The Hall–Kier alpha value is -4.47. The minimum atomic E-state index is -2.62. The maximum absolute atomic E-state index is 4.65. The zero-order valence-electron chi connectivity index (χ0n) is 19.9. The van der Waals surface area contributed by atoms with Gasteiger partial charge in [-0.3, -0.25) is 4.98 Å². The highest BCUT2D eigenvalue weighted by Crippen LogP contribution is 2.18. The van der Waals surface area contributed by atoms with Gasteiger partial charge in [0.15, 0.2) is 8.07 Å². The fourth-order valence-electron chi connectivity index (χ4n) is 5.20. The molecule has 0 unspecified atom stereocenters. The van der Waals surface area contributed by atoms with Gasteiger partial charge in [-0.15, -0.1) is 0 Å². The van der Waals surface area contributed by atoms with Crippen LogP contribution in [0.1, 0.15) is 0 Å². The molecule has 2 nitrogen and oxygen atoms in total. The fourth-order valence-corrected chi connectivity index (χ4v) is 9.96. The monoisotopic (exact) mass is 478 g/mol. The molecular formula is C33H26N2Si. The lowest BCUT2D eigenvalue weighted by atomic mass is 10.1. The number of aromatic nitrogens is 2. The lowest BCUT2D eigenvalue weighted by Crippen LogP contribution is -2.74. The third kappa shape index (κ3) is 3.90. The van der Waals surface area contributed by atoms with Crippen LogP contribution in [0.5, 0.6) is 0 Å². The summed E-state index contributed by atoms with van der Waals surface area (Å²) in [6.45, 7) is 0. The summed E-state index contributed by atoms with van der Waals surface area (Å²) in [5.41, 5.74) is 3.29. The van der Waals surface area contributed by atoms with Crippen molar-refractivity contribution in [2.45, 2.75) is 0 Å². The van der Waals surface area contributed by atoms with Gasteiger partial charge in [0, 0.05) is 29.8 Å². The zero-order valence-corrected chi connectivity index (χ0v) is 20.9. The zero-order chi connectivity index (χ0) is 24.2. The van der Waals surface area contributed by atoms with Crippen LogP contribution < -0.4 is 20.7 Å². The van der Waals surface area contributed by atoms with Gasteiger partial charge in [0.25, 0.3) is 0 Å². The largest absolute Gasteiger partial charge is 0.324 e. The van der Waals surface area contributed by atoms with E-state index in [-0.39, 0.29) is 0 Å². The van der Waals surface area contributed by atoms with Crippen molar-refractivity contribution in [1.29, 1.82) is 0 Å². The first kappa shape index (κ1) is 22.0. The molecule has 0 radical (unpaired) electrons. The molecule has 0 aliphatic heterocycles. The van der Waals surface area contributed by atoms with Crippen molar-refractivity contribution < 1.29 is 0 Å². The van der Waals surface area contributed by atoms with Crippen molar-refractivity contribution >= 4 is 28.8 Å². The molecule has 4 aromatic carbocycles. The van der Waals surface area contributed by atoms with Crippen LogP contribution in [0, 0.1) is 0 Å². The summed E-state index contributed by atoms with van der Waals surface area (Å²) in [5.74, 6) is 0. The number of rotatable bonds is 6. The third-order valence-corrected chi connectivity index (χ3v) is 11.6. The van der Waals surface area contributed by atoms with Crippen LogP contribution in [0.25, 0.3) is 16.9 Å². The van der Waals surface area contributed by atoms with Crippen molar-refractivity contribution in [3.05, 3.63) is 158 Å². The first-order chi connectivity index (χ1) is 17.9. The summed E-state index contributed by atoms with van der Waals surface area (Å²) in [6.07, 6.45) is 6.39. The summed E-state index contributed by atoms with van der Waals surface area (Å²) in [7, 11) is -2.62. The lowest BCUT2D eigenvalue weighted by Gasteiger charge is -2.33. The van der Waals surface area contributed by atoms with Crippen LogP contribution in [0.2, 0.25) is 0 Å². The van der Waals surface area contributed by atoms with Crippen LogP contribution in [0.4, 0.5) is 0 Å². The van der Waals surface area contributed by atoms with Crippen LogP contribution >= 0.6 is 0 Å². The van der Waals surface area contributed by atoms with E-state index >= 15 is 0 Å². The Labute approximate surface area is 213 Å². The van der Waals surface area contributed by atoms with Gasteiger partial charge in [0.05, 0.1) is 5.69 Å². The topological polar surface area (TPSA) is 17.8 Å². The molecule has 2 heterocycles. The predicted octanol–water partition coefficient (Wildman–Crippen LogP) is 4.92. The standard InChI is InChI=1S/C33H26N2Si/c1-4-14-28(15-5-1)35-24-22-32(26-35)36(29-16-6-2-7-17-29,30-18-8-3-9-19-30)31-20-12-13-27(25-31)33-21-10-11-23-34-33/h1-26H. The Morgan fingerprint density at radius 2 is 1.11 bits per heavy atom. The number of nitrogens with zero attached hydrogens (tertiary/aromatic N) is 2. The van der Waals surface area contributed by atoms with Gasteiger partial charge in [-0.05, 0) is 51.1 Å². The van der Waals surface area contributed by atoms with Crippen molar-refractivity contribution in [3.8, 4) is 16.9 Å². The second-order valence-electron chi connectivity index (χ2n) is 8.92. The van der Waals surface area contributed by atoms with E-state index in [1.165, 1.54) is 20.7 Å². The Morgan fingerprint density at radius 3 is 1.75 bits per heavy atom. The van der Waals surface area contributed by atoms with E-state index in [1.54, 1.807) is 0 Å². The van der Waals surface area contributed by atoms with E-state index in [0.29, 0.717) is 0 Å². The highest BCUT2D eigenvalue weighted by Gasteiger charge is 2.42. The summed E-state index contributed by atoms with van der Waals surface area (Å²) in [5, 5.41) is 5.41. The van der Waals surface area contributed by atoms with Crippen molar-refractivity contribution in [3.63, 3.8) is 0 Å². The molecule has 0 atom stereocenters. The number of pyridine rings is 1.